The average Bonchev–Trinajstić information content (AvgIpc) is 3.19. The minimum Gasteiger partial charge on any atom is -0.493 e. The van der Waals surface area contributed by atoms with Crippen molar-refractivity contribution in [1.82, 2.24) is 0 Å². The second-order valence-corrected chi connectivity index (χ2v) is 11.7. The number of rotatable bonds is 13. The lowest BCUT2D eigenvalue weighted by molar-refractivity contribution is 0.0973. The maximum Gasteiger partial charge on any atom is 0.164 e. The molecule has 2 atom stereocenters. The molecule has 0 fully saturated rings. The van der Waals surface area contributed by atoms with Gasteiger partial charge in [0, 0.05) is 29.4 Å². The molecule has 38 heavy (non-hydrogen) atoms. The quantitative estimate of drug-likeness (QED) is 0.148. The van der Waals surface area contributed by atoms with Crippen LogP contribution in [0.25, 0.3) is 0 Å². The van der Waals surface area contributed by atoms with Crippen molar-refractivity contribution < 1.29 is 19.0 Å². The van der Waals surface area contributed by atoms with Gasteiger partial charge in [0.2, 0.25) is 0 Å². The first-order chi connectivity index (χ1) is 18.0. The normalized spacial score (nSPS) is 19.1. The highest BCUT2D eigenvalue weighted by Crippen LogP contribution is 2.45. The number of hydrogen-bond acceptors (Lipinski definition) is 4. The van der Waals surface area contributed by atoms with Crippen LogP contribution >= 0.6 is 0 Å². The van der Waals surface area contributed by atoms with Gasteiger partial charge in [0.05, 0.1) is 19.8 Å². The van der Waals surface area contributed by atoms with Crippen molar-refractivity contribution in [3.8, 4) is 11.5 Å². The lowest BCUT2D eigenvalue weighted by atomic mass is 9.83. The number of hydrogen-bond donors (Lipinski definition) is 0. The van der Waals surface area contributed by atoms with Gasteiger partial charge in [-0.15, -0.1) is 0 Å². The molecule has 3 rings (SSSR count). The van der Waals surface area contributed by atoms with Crippen molar-refractivity contribution in [2.45, 2.75) is 98.5 Å². The number of ether oxygens (including phenoxy) is 3. The van der Waals surface area contributed by atoms with E-state index in [9.17, 15) is 4.79 Å². The van der Waals surface area contributed by atoms with Gasteiger partial charge in [-0.25, -0.2) is 0 Å². The zero-order valence-electron chi connectivity index (χ0n) is 24.9. The topological polar surface area (TPSA) is 44.8 Å². The van der Waals surface area contributed by atoms with Gasteiger partial charge < -0.3 is 14.2 Å². The van der Waals surface area contributed by atoms with Crippen molar-refractivity contribution in [3.05, 3.63) is 70.5 Å². The lowest BCUT2D eigenvalue weighted by Crippen LogP contribution is -2.17. The van der Waals surface area contributed by atoms with Gasteiger partial charge in [-0.1, -0.05) is 72.6 Å². The van der Waals surface area contributed by atoms with E-state index in [2.05, 4.69) is 73.3 Å². The van der Waals surface area contributed by atoms with Crippen molar-refractivity contribution in [1.29, 1.82) is 0 Å². The molecule has 0 aromatic heterocycles. The van der Waals surface area contributed by atoms with Crippen molar-refractivity contribution >= 4 is 5.78 Å². The Morgan fingerprint density at radius 2 is 1.79 bits per heavy atom. The number of allylic oxidation sites excluding steroid dienone is 6. The molecular weight excluding hydrogens is 472 g/mol. The van der Waals surface area contributed by atoms with Gasteiger partial charge in [0.25, 0.3) is 0 Å². The average molecular weight is 521 g/mol. The zero-order valence-corrected chi connectivity index (χ0v) is 24.9. The lowest BCUT2D eigenvalue weighted by Gasteiger charge is -2.25. The number of Topliss-reactive ketones (excluding diaryl/α,β-unsaturated/α-hetero) is 1. The number of carbonyl (C=O) groups excluding carboxylic acids is 1. The second-order valence-electron chi connectivity index (χ2n) is 11.7. The molecule has 0 aliphatic heterocycles. The van der Waals surface area contributed by atoms with Gasteiger partial charge in [-0.3, -0.25) is 4.79 Å². The standard InChI is InChI=1S/C34H48O4/c1-10-13-14-15-37-32-20-25(18-30(33(32)36-9)34(6,7)8)31(35)19-24-17-28-22(4)16-27(21-29(28)23(24)5)38-26(11-2)12-3/h16-18,20-21,24,26,29H,5,10-15,19H2,1-4,6-9H3. The van der Waals surface area contributed by atoms with Crippen LogP contribution in [0, 0.1) is 11.8 Å². The first-order valence-electron chi connectivity index (χ1n) is 14.4. The van der Waals surface area contributed by atoms with Crippen LogP contribution in [0.3, 0.4) is 0 Å². The number of ketones is 1. The zero-order chi connectivity index (χ0) is 28.0. The molecule has 2 unspecified atom stereocenters. The van der Waals surface area contributed by atoms with E-state index in [0.29, 0.717) is 24.3 Å². The van der Waals surface area contributed by atoms with Crippen LogP contribution in [0.4, 0.5) is 0 Å². The van der Waals surface area contributed by atoms with E-state index >= 15 is 0 Å². The fraction of sp³-hybridized carbons (Fsp3) is 0.559. The third-order valence-corrected chi connectivity index (χ3v) is 7.75. The summed E-state index contributed by atoms with van der Waals surface area (Å²) in [5.41, 5.74) is 4.95. The third-order valence-electron chi connectivity index (χ3n) is 7.75. The second kappa shape index (κ2) is 12.9. The van der Waals surface area contributed by atoms with E-state index in [1.54, 1.807) is 7.11 Å². The van der Waals surface area contributed by atoms with Crippen molar-refractivity contribution in [3.63, 3.8) is 0 Å². The Morgan fingerprint density at radius 1 is 1.08 bits per heavy atom. The Balaban J connectivity index is 1.85. The maximum atomic E-state index is 13.7. The Hall–Kier alpha value is -2.75. The number of fused-ring (bicyclic) bond motifs is 1. The van der Waals surface area contributed by atoms with Crippen LogP contribution in [0.5, 0.6) is 11.5 Å². The minimum absolute atomic E-state index is 0.0105. The van der Waals surface area contributed by atoms with Gasteiger partial charge in [0.15, 0.2) is 17.3 Å². The summed E-state index contributed by atoms with van der Waals surface area (Å²) in [4.78, 5) is 13.7. The van der Waals surface area contributed by atoms with Gasteiger partial charge in [-0.05, 0) is 67.0 Å². The van der Waals surface area contributed by atoms with E-state index in [1.807, 2.05) is 12.1 Å². The van der Waals surface area contributed by atoms with Gasteiger partial charge in [0.1, 0.15) is 5.76 Å². The molecule has 0 spiro atoms. The predicted molar refractivity (Wildman–Crippen MR) is 157 cm³/mol. The van der Waals surface area contributed by atoms with Crippen LogP contribution in [-0.4, -0.2) is 25.6 Å². The van der Waals surface area contributed by atoms with Gasteiger partial charge >= 0.3 is 0 Å². The molecule has 0 N–H and O–H groups in total. The van der Waals surface area contributed by atoms with E-state index in [-0.39, 0.29) is 29.1 Å². The molecular formula is C34H48O4. The SMILES string of the molecule is C=C1C(CC(=O)c2cc(OCCCCC)c(OC)c(C(C)(C)C)c2)C=C2C(C)=CC(OC(CC)CC)=CC12. The van der Waals surface area contributed by atoms with Crippen molar-refractivity contribution in [2.24, 2.45) is 11.8 Å². The Labute approximate surface area is 230 Å². The van der Waals surface area contributed by atoms with Crippen LogP contribution in [-0.2, 0) is 10.2 Å². The molecule has 2 aliphatic rings. The van der Waals surface area contributed by atoms with Crippen LogP contribution in [0.2, 0.25) is 0 Å². The number of unbranched alkanes of at least 4 members (excludes halogenated alkanes) is 2. The van der Waals surface area contributed by atoms with Crippen LogP contribution < -0.4 is 9.47 Å². The fourth-order valence-corrected chi connectivity index (χ4v) is 5.34. The summed E-state index contributed by atoms with van der Waals surface area (Å²) in [6.45, 7) is 20.1. The Kier molecular flexibility index (Phi) is 10.1. The number of carbonyl (C=O) groups is 1. The molecule has 0 heterocycles. The molecule has 2 aliphatic carbocycles. The van der Waals surface area contributed by atoms with E-state index in [0.717, 1.165) is 54.7 Å². The molecule has 0 saturated heterocycles. The van der Waals surface area contributed by atoms with Gasteiger partial charge in [-0.2, -0.15) is 0 Å². The number of methoxy groups -OCH3 is 1. The van der Waals surface area contributed by atoms with Crippen molar-refractivity contribution in [2.75, 3.05) is 13.7 Å². The molecule has 0 amide bonds. The molecule has 0 bridgehead atoms. The molecule has 1 aromatic carbocycles. The maximum absolute atomic E-state index is 13.7. The Morgan fingerprint density at radius 3 is 2.39 bits per heavy atom. The first kappa shape index (κ1) is 29.8. The number of benzene rings is 1. The summed E-state index contributed by atoms with van der Waals surface area (Å²) < 4.78 is 18.2. The van der Waals surface area contributed by atoms with E-state index in [4.69, 9.17) is 14.2 Å². The van der Waals surface area contributed by atoms with E-state index in [1.165, 1.54) is 11.1 Å². The Bertz CT molecular complexity index is 1110. The fourth-order valence-electron chi connectivity index (χ4n) is 5.34. The monoisotopic (exact) mass is 520 g/mol. The molecule has 208 valence electrons. The van der Waals surface area contributed by atoms with Crippen LogP contribution in [0.1, 0.15) is 103 Å². The largest absolute Gasteiger partial charge is 0.493 e. The summed E-state index contributed by atoms with van der Waals surface area (Å²) in [6, 6.07) is 3.86. The smallest absolute Gasteiger partial charge is 0.164 e. The molecule has 0 saturated carbocycles. The summed E-state index contributed by atoms with van der Waals surface area (Å²) in [6.07, 6.45) is 12.3. The first-order valence-corrected chi connectivity index (χ1v) is 14.4. The third kappa shape index (κ3) is 6.81. The molecule has 1 aromatic rings. The summed E-state index contributed by atoms with van der Waals surface area (Å²) in [5.74, 6) is 2.48. The minimum atomic E-state index is -0.199. The molecule has 0 radical (unpaired) electrons. The highest BCUT2D eigenvalue weighted by Gasteiger charge is 2.34. The highest BCUT2D eigenvalue weighted by molar-refractivity contribution is 5.97. The molecule has 4 nitrogen and oxygen atoms in total. The summed E-state index contributed by atoms with van der Waals surface area (Å²) >= 11 is 0. The molecule has 4 heteroatoms. The highest BCUT2D eigenvalue weighted by atomic mass is 16.5. The predicted octanol–water partition coefficient (Wildman–Crippen LogP) is 8.91. The van der Waals surface area contributed by atoms with E-state index < -0.39 is 0 Å². The van der Waals surface area contributed by atoms with Crippen LogP contribution in [0.15, 0.2) is 59.4 Å². The summed E-state index contributed by atoms with van der Waals surface area (Å²) in [5, 5.41) is 0. The summed E-state index contributed by atoms with van der Waals surface area (Å²) in [7, 11) is 1.67.